The molecule has 7 heteroatoms. The highest BCUT2D eigenvalue weighted by Gasteiger charge is 2.17. The predicted molar refractivity (Wildman–Crippen MR) is 85.7 cm³/mol. The summed E-state index contributed by atoms with van der Waals surface area (Å²) in [5.41, 5.74) is 1.40. The standard InChI is InChI=1S/C16H21N3O4/c1-11(15-5-6-23-18-15)19(2)10-16(20)17-12-7-13(21-3)9-14(8-12)22-4/h5-9,11H,10H2,1-4H3,(H,17,20)/t11-/m1/s1. The Morgan fingerprint density at radius 3 is 2.48 bits per heavy atom. The maximum absolute atomic E-state index is 12.2. The van der Waals surface area contributed by atoms with Gasteiger partial charge in [-0.1, -0.05) is 5.16 Å². The van der Waals surface area contributed by atoms with Crippen LogP contribution < -0.4 is 14.8 Å². The number of amides is 1. The van der Waals surface area contributed by atoms with Gasteiger partial charge in [-0.3, -0.25) is 9.69 Å². The third-order valence-electron chi connectivity index (χ3n) is 3.58. The van der Waals surface area contributed by atoms with Crippen molar-refractivity contribution in [3.05, 3.63) is 36.2 Å². The second-order valence-corrected chi connectivity index (χ2v) is 5.16. The molecule has 0 radical (unpaired) electrons. The van der Waals surface area contributed by atoms with Gasteiger partial charge in [-0.15, -0.1) is 0 Å². The van der Waals surface area contributed by atoms with Gasteiger partial charge in [0.25, 0.3) is 0 Å². The SMILES string of the molecule is COc1cc(NC(=O)CN(C)[C@H](C)c2ccon2)cc(OC)c1. The summed E-state index contributed by atoms with van der Waals surface area (Å²) in [5.74, 6) is 1.09. The number of likely N-dealkylation sites (N-methyl/N-ethyl adjacent to an activating group) is 1. The molecule has 23 heavy (non-hydrogen) atoms. The monoisotopic (exact) mass is 319 g/mol. The minimum absolute atomic E-state index is 0.0284. The number of benzene rings is 1. The van der Waals surface area contributed by atoms with Crippen molar-refractivity contribution < 1.29 is 18.8 Å². The molecule has 0 spiro atoms. The number of hydrogen-bond donors (Lipinski definition) is 1. The fraction of sp³-hybridized carbons (Fsp3) is 0.375. The van der Waals surface area contributed by atoms with E-state index in [0.717, 1.165) is 5.69 Å². The molecule has 0 saturated heterocycles. The molecule has 7 nitrogen and oxygen atoms in total. The summed E-state index contributed by atoms with van der Waals surface area (Å²) < 4.78 is 15.2. The van der Waals surface area contributed by atoms with E-state index in [4.69, 9.17) is 14.0 Å². The molecule has 1 aromatic heterocycles. The molecule has 2 aromatic rings. The van der Waals surface area contributed by atoms with E-state index < -0.39 is 0 Å². The molecule has 0 aliphatic carbocycles. The van der Waals surface area contributed by atoms with Crippen LogP contribution >= 0.6 is 0 Å². The summed E-state index contributed by atoms with van der Waals surface area (Å²) in [6, 6.07) is 6.97. The topological polar surface area (TPSA) is 76.8 Å². The van der Waals surface area contributed by atoms with Gasteiger partial charge in [-0.2, -0.15) is 0 Å². The van der Waals surface area contributed by atoms with Crippen molar-refractivity contribution in [1.29, 1.82) is 0 Å². The van der Waals surface area contributed by atoms with Crippen molar-refractivity contribution in [3.8, 4) is 11.5 Å². The largest absolute Gasteiger partial charge is 0.497 e. The molecule has 0 fully saturated rings. The maximum Gasteiger partial charge on any atom is 0.238 e. The average molecular weight is 319 g/mol. The molecule has 0 bridgehead atoms. The molecule has 1 heterocycles. The van der Waals surface area contributed by atoms with Gasteiger partial charge in [0.2, 0.25) is 5.91 Å². The molecule has 2 rings (SSSR count). The summed E-state index contributed by atoms with van der Waals surface area (Å²) in [6.07, 6.45) is 1.52. The van der Waals surface area contributed by atoms with Crippen LogP contribution in [-0.4, -0.2) is 43.8 Å². The van der Waals surface area contributed by atoms with E-state index in [2.05, 4.69) is 10.5 Å². The van der Waals surface area contributed by atoms with Crippen LogP contribution in [-0.2, 0) is 4.79 Å². The van der Waals surface area contributed by atoms with Crippen molar-refractivity contribution in [2.75, 3.05) is 33.1 Å². The van der Waals surface area contributed by atoms with E-state index in [1.54, 1.807) is 38.5 Å². The number of aromatic nitrogens is 1. The number of methoxy groups -OCH3 is 2. The lowest BCUT2D eigenvalue weighted by Crippen LogP contribution is -2.32. The zero-order valence-corrected chi connectivity index (χ0v) is 13.7. The van der Waals surface area contributed by atoms with Crippen LogP contribution in [0.3, 0.4) is 0 Å². The Morgan fingerprint density at radius 2 is 1.96 bits per heavy atom. The van der Waals surface area contributed by atoms with Crippen molar-refractivity contribution in [3.63, 3.8) is 0 Å². The summed E-state index contributed by atoms with van der Waals surface area (Å²) in [4.78, 5) is 14.1. The summed E-state index contributed by atoms with van der Waals surface area (Å²) in [7, 11) is 4.98. The molecule has 0 saturated carbocycles. The van der Waals surface area contributed by atoms with Crippen LogP contribution in [0.2, 0.25) is 0 Å². The Labute approximate surface area is 135 Å². The number of nitrogens with zero attached hydrogens (tertiary/aromatic N) is 2. The Morgan fingerprint density at radius 1 is 1.30 bits per heavy atom. The van der Waals surface area contributed by atoms with Crippen LogP contribution in [0, 0.1) is 0 Å². The lowest BCUT2D eigenvalue weighted by atomic mass is 10.2. The van der Waals surface area contributed by atoms with Gasteiger partial charge < -0.3 is 19.3 Å². The van der Waals surface area contributed by atoms with Gasteiger partial charge in [0.1, 0.15) is 23.5 Å². The summed E-state index contributed by atoms with van der Waals surface area (Å²) in [5, 5.41) is 6.73. The number of rotatable bonds is 7. The minimum atomic E-state index is -0.141. The van der Waals surface area contributed by atoms with E-state index in [1.807, 2.05) is 18.9 Å². The third kappa shape index (κ3) is 4.46. The maximum atomic E-state index is 12.2. The number of anilines is 1. The molecule has 0 unspecified atom stereocenters. The van der Waals surface area contributed by atoms with Crippen LogP contribution in [0.1, 0.15) is 18.7 Å². The lowest BCUT2D eigenvalue weighted by Gasteiger charge is -2.22. The first-order valence-corrected chi connectivity index (χ1v) is 7.17. The summed E-state index contributed by atoms with van der Waals surface area (Å²) in [6.45, 7) is 2.17. The molecular formula is C16H21N3O4. The van der Waals surface area contributed by atoms with Gasteiger partial charge in [-0.05, 0) is 14.0 Å². The number of nitrogens with one attached hydrogen (secondary N) is 1. The molecule has 1 N–H and O–H groups in total. The fourth-order valence-corrected chi connectivity index (χ4v) is 2.11. The molecule has 1 aromatic carbocycles. The van der Waals surface area contributed by atoms with Crippen molar-refractivity contribution in [1.82, 2.24) is 10.1 Å². The van der Waals surface area contributed by atoms with Gasteiger partial charge in [0, 0.05) is 30.0 Å². The van der Waals surface area contributed by atoms with E-state index >= 15 is 0 Å². The highest BCUT2D eigenvalue weighted by Crippen LogP contribution is 2.25. The summed E-state index contributed by atoms with van der Waals surface area (Å²) >= 11 is 0. The molecule has 0 aliphatic heterocycles. The van der Waals surface area contributed by atoms with Gasteiger partial charge >= 0.3 is 0 Å². The minimum Gasteiger partial charge on any atom is -0.497 e. The first-order chi connectivity index (χ1) is 11.0. The zero-order chi connectivity index (χ0) is 16.8. The van der Waals surface area contributed by atoms with E-state index in [-0.39, 0.29) is 18.5 Å². The highest BCUT2D eigenvalue weighted by molar-refractivity contribution is 5.92. The number of carbonyl (C=O) groups is 1. The lowest BCUT2D eigenvalue weighted by molar-refractivity contribution is -0.117. The zero-order valence-electron chi connectivity index (χ0n) is 13.7. The van der Waals surface area contributed by atoms with Crippen LogP contribution in [0.5, 0.6) is 11.5 Å². The molecule has 1 atom stereocenters. The Hall–Kier alpha value is -2.54. The Bertz CT molecular complexity index is 621. The smallest absolute Gasteiger partial charge is 0.238 e. The third-order valence-corrected chi connectivity index (χ3v) is 3.58. The van der Waals surface area contributed by atoms with Gasteiger partial charge in [0.05, 0.1) is 26.8 Å². The predicted octanol–water partition coefficient (Wildman–Crippen LogP) is 2.32. The van der Waals surface area contributed by atoms with Crippen molar-refractivity contribution in [2.45, 2.75) is 13.0 Å². The molecule has 124 valence electrons. The molecule has 0 aliphatic rings. The Kier molecular flexibility index (Phi) is 5.59. The van der Waals surface area contributed by atoms with Crippen molar-refractivity contribution >= 4 is 11.6 Å². The van der Waals surface area contributed by atoms with Gasteiger partial charge in [0.15, 0.2) is 0 Å². The second-order valence-electron chi connectivity index (χ2n) is 5.16. The van der Waals surface area contributed by atoms with Crippen molar-refractivity contribution in [2.24, 2.45) is 0 Å². The first kappa shape index (κ1) is 16.8. The second kappa shape index (κ2) is 7.64. The number of hydrogen-bond acceptors (Lipinski definition) is 6. The number of ether oxygens (including phenoxy) is 2. The first-order valence-electron chi connectivity index (χ1n) is 7.17. The average Bonchev–Trinajstić information content (AvgIpc) is 3.07. The number of carbonyl (C=O) groups excluding carboxylic acids is 1. The van der Waals surface area contributed by atoms with Gasteiger partial charge in [-0.25, -0.2) is 0 Å². The van der Waals surface area contributed by atoms with Crippen LogP contribution in [0.4, 0.5) is 5.69 Å². The van der Waals surface area contributed by atoms with E-state index in [9.17, 15) is 4.79 Å². The van der Waals surface area contributed by atoms with Crippen LogP contribution in [0.15, 0.2) is 35.1 Å². The van der Waals surface area contributed by atoms with E-state index in [0.29, 0.717) is 17.2 Å². The van der Waals surface area contributed by atoms with E-state index in [1.165, 1.54) is 6.26 Å². The quantitative estimate of drug-likeness (QED) is 0.844. The molecular weight excluding hydrogens is 298 g/mol. The Balaban J connectivity index is 1.99. The fourth-order valence-electron chi connectivity index (χ4n) is 2.11. The normalized spacial score (nSPS) is 12.0. The van der Waals surface area contributed by atoms with Crippen LogP contribution in [0.25, 0.3) is 0 Å². The highest BCUT2D eigenvalue weighted by atomic mass is 16.5. The molecule has 1 amide bonds.